The van der Waals surface area contributed by atoms with E-state index in [-0.39, 0.29) is 18.5 Å². The fraction of sp³-hybridized carbons (Fsp3) is 0.469. The molecule has 2 amide bonds. The SMILES string of the molecule is COc1cc2c(cc1C(=O)NC1CCN(C)CC1)sc1nc(-c3ccc([C@H]4C[C@H](O)CN4C(=O)OC(C)(C)C)cc3F)cn12. The summed E-state index contributed by atoms with van der Waals surface area (Å²) in [4.78, 5) is 35.1. The number of likely N-dealkylation sites (tertiary alicyclic amines) is 2. The van der Waals surface area contributed by atoms with Gasteiger partial charge in [-0.3, -0.25) is 14.1 Å². The van der Waals surface area contributed by atoms with Crippen molar-refractivity contribution >= 4 is 38.5 Å². The minimum atomic E-state index is -0.721. The molecule has 0 spiro atoms. The first-order valence-corrected chi connectivity index (χ1v) is 15.7. The Morgan fingerprint density at radius 2 is 1.91 bits per heavy atom. The van der Waals surface area contributed by atoms with E-state index in [0.29, 0.717) is 39.5 Å². The molecule has 2 aliphatic rings. The Labute approximate surface area is 259 Å². The highest BCUT2D eigenvalue weighted by molar-refractivity contribution is 7.23. The molecule has 0 unspecified atom stereocenters. The van der Waals surface area contributed by atoms with E-state index in [1.807, 2.05) is 16.5 Å². The van der Waals surface area contributed by atoms with Crippen molar-refractivity contribution < 1.29 is 28.6 Å². The van der Waals surface area contributed by atoms with Crippen molar-refractivity contribution in [2.24, 2.45) is 0 Å². The van der Waals surface area contributed by atoms with Crippen molar-refractivity contribution in [2.45, 2.75) is 63.8 Å². The second-order valence-electron chi connectivity index (χ2n) is 12.7. The van der Waals surface area contributed by atoms with E-state index >= 15 is 4.39 Å². The van der Waals surface area contributed by atoms with Crippen LogP contribution in [-0.2, 0) is 4.74 Å². The highest BCUT2D eigenvalue weighted by atomic mass is 32.1. The Bertz CT molecular complexity index is 1720. The zero-order valence-electron chi connectivity index (χ0n) is 25.6. The maximum absolute atomic E-state index is 15.6. The Kier molecular flexibility index (Phi) is 8.02. The predicted octanol–water partition coefficient (Wildman–Crippen LogP) is 5.23. The molecule has 2 atom stereocenters. The van der Waals surface area contributed by atoms with Crippen LogP contribution in [0, 0.1) is 5.82 Å². The molecule has 0 saturated carbocycles. The van der Waals surface area contributed by atoms with Gasteiger partial charge in [0.15, 0.2) is 4.96 Å². The van der Waals surface area contributed by atoms with E-state index in [0.717, 1.165) is 36.1 Å². The number of nitrogens with one attached hydrogen (secondary N) is 1. The van der Waals surface area contributed by atoms with Crippen LogP contribution in [0.5, 0.6) is 5.75 Å². The molecular formula is C32H38FN5O5S. The number of piperidine rings is 1. The minimum absolute atomic E-state index is 0.123. The van der Waals surface area contributed by atoms with Crippen molar-refractivity contribution in [3.8, 4) is 17.0 Å². The van der Waals surface area contributed by atoms with Gasteiger partial charge >= 0.3 is 6.09 Å². The van der Waals surface area contributed by atoms with Gasteiger partial charge in [-0.15, -0.1) is 0 Å². The number of amides is 2. The van der Waals surface area contributed by atoms with Crippen LogP contribution in [0.25, 0.3) is 26.4 Å². The summed E-state index contributed by atoms with van der Waals surface area (Å²) in [7, 11) is 3.63. The van der Waals surface area contributed by atoms with Gasteiger partial charge in [0.25, 0.3) is 5.91 Å². The molecule has 2 saturated heterocycles. The van der Waals surface area contributed by atoms with Crippen LogP contribution in [-0.4, -0.2) is 87.8 Å². The average Bonchev–Trinajstić information content (AvgIpc) is 3.65. The van der Waals surface area contributed by atoms with Crippen LogP contribution >= 0.6 is 11.3 Å². The summed E-state index contributed by atoms with van der Waals surface area (Å²) in [5, 5.41) is 13.5. The number of methoxy groups -OCH3 is 1. The number of aliphatic hydroxyl groups excluding tert-OH is 1. The summed E-state index contributed by atoms with van der Waals surface area (Å²) < 4.78 is 29.5. The summed E-state index contributed by atoms with van der Waals surface area (Å²) in [5.74, 6) is -0.178. The van der Waals surface area contributed by atoms with Crippen LogP contribution in [0.3, 0.4) is 0 Å². The predicted molar refractivity (Wildman–Crippen MR) is 167 cm³/mol. The average molecular weight is 624 g/mol. The third-order valence-corrected chi connectivity index (χ3v) is 9.29. The van der Waals surface area contributed by atoms with Crippen molar-refractivity contribution in [1.29, 1.82) is 0 Å². The maximum atomic E-state index is 15.6. The lowest BCUT2D eigenvalue weighted by Crippen LogP contribution is -2.43. The van der Waals surface area contributed by atoms with Crippen molar-refractivity contribution in [3.63, 3.8) is 0 Å². The quantitative estimate of drug-likeness (QED) is 0.314. The summed E-state index contributed by atoms with van der Waals surface area (Å²) in [6, 6.07) is 8.10. The first-order chi connectivity index (χ1) is 20.9. The molecule has 2 N–H and O–H groups in total. The van der Waals surface area contributed by atoms with Crippen molar-refractivity contribution in [3.05, 3.63) is 53.5 Å². The third-order valence-electron chi connectivity index (χ3n) is 8.27. The van der Waals surface area contributed by atoms with Gasteiger partial charge in [0.05, 0.1) is 47.3 Å². The number of aromatic nitrogens is 2. The first-order valence-electron chi connectivity index (χ1n) is 14.9. The van der Waals surface area contributed by atoms with Gasteiger partial charge in [0.2, 0.25) is 0 Å². The summed E-state index contributed by atoms with van der Waals surface area (Å²) in [6.07, 6.45) is 2.62. The molecule has 234 valence electrons. The second-order valence-corrected chi connectivity index (χ2v) is 13.7. The molecule has 6 rings (SSSR count). The Morgan fingerprint density at radius 3 is 2.59 bits per heavy atom. The number of hydrogen-bond acceptors (Lipinski definition) is 8. The largest absolute Gasteiger partial charge is 0.496 e. The number of carbonyl (C=O) groups is 2. The van der Waals surface area contributed by atoms with Gasteiger partial charge in [-0.05, 0) is 83.9 Å². The van der Waals surface area contributed by atoms with Crippen molar-refractivity contribution in [2.75, 3.05) is 33.8 Å². The molecule has 10 nitrogen and oxygen atoms in total. The van der Waals surface area contributed by atoms with Crippen LogP contribution in [0.1, 0.15) is 62.0 Å². The number of β-amino-alcohol motifs (C(OH)–C–C–N with tert-alkyl or cyclic N) is 1. The number of aliphatic hydroxyl groups is 1. The number of benzene rings is 2. The first kappa shape index (κ1) is 30.3. The summed E-state index contributed by atoms with van der Waals surface area (Å²) >= 11 is 1.41. The van der Waals surface area contributed by atoms with E-state index in [1.54, 1.807) is 46.2 Å². The second kappa shape index (κ2) is 11.6. The number of rotatable bonds is 5. The molecule has 0 aliphatic carbocycles. The highest BCUT2D eigenvalue weighted by Crippen LogP contribution is 2.37. The smallest absolute Gasteiger partial charge is 0.410 e. The van der Waals surface area contributed by atoms with Gasteiger partial charge in [0.1, 0.15) is 17.2 Å². The standard InChI is InChI=1S/C32H38FN5O5S/c1-32(2,3)43-31(41)38-16-20(39)13-25(38)18-6-7-21(23(33)12-18)24-17-37-26-15-27(42-5)22(14-28(26)44-30(37)35-24)29(40)34-19-8-10-36(4)11-9-19/h6-7,12,14-15,17,19-20,25,39H,8-11,13,16H2,1-5H3,(H,34,40)/t20-,25+/m0/s1. The third kappa shape index (κ3) is 5.98. The number of halogens is 1. The fourth-order valence-electron chi connectivity index (χ4n) is 6.02. The maximum Gasteiger partial charge on any atom is 0.410 e. The molecule has 44 heavy (non-hydrogen) atoms. The molecule has 2 aromatic carbocycles. The van der Waals surface area contributed by atoms with E-state index in [2.05, 4.69) is 17.3 Å². The van der Waals surface area contributed by atoms with E-state index in [4.69, 9.17) is 14.5 Å². The van der Waals surface area contributed by atoms with Gasteiger partial charge in [0, 0.05) is 23.9 Å². The normalized spacial score (nSPS) is 20.0. The van der Waals surface area contributed by atoms with E-state index in [9.17, 15) is 14.7 Å². The van der Waals surface area contributed by atoms with Gasteiger partial charge in [-0.1, -0.05) is 17.4 Å². The zero-order chi connectivity index (χ0) is 31.3. The molecule has 2 fully saturated rings. The lowest BCUT2D eigenvalue weighted by atomic mass is 10.0. The van der Waals surface area contributed by atoms with E-state index < -0.39 is 29.7 Å². The van der Waals surface area contributed by atoms with Gasteiger partial charge in [-0.2, -0.15) is 0 Å². The van der Waals surface area contributed by atoms with Gasteiger partial charge < -0.3 is 24.8 Å². The number of carbonyl (C=O) groups excluding carboxylic acids is 2. The number of fused-ring (bicyclic) bond motifs is 3. The molecule has 4 heterocycles. The van der Waals surface area contributed by atoms with Crippen molar-refractivity contribution in [1.82, 2.24) is 24.5 Å². The van der Waals surface area contributed by atoms with Crippen LogP contribution < -0.4 is 10.1 Å². The summed E-state index contributed by atoms with van der Waals surface area (Å²) in [6.45, 7) is 7.36. The molecule has 0 radical (unpaired) electrons. The highest BCUT2D eigenvalue weighted by Gasteiger charge is 2.38. The monoisotopic (exact) mass is 623 g/mol. The minimum Gasteiger partial charge on any atom is -0.496 e. The zero-order valence-corrected chi connectivity index (χ0v) is 26.4. The molecule has 12 heteroatoms. The number of thiazole rings is 1. The molecule has 2 aliphatic heterocycles. The van der Waals surface area contributed by atoms with Gasteiger partial charge in [-0.25, -0.2) is 14.2 Å². The van der Waals surface area contributed by atoms with Crippen LogP contribution in [0.15, 0.2) is 36.5 Å². The number of hydrogen-bond donors (Lipinski definition) is 2. The summed E-state index contributed by atoms with van der Waals surface area (Å²) in [5.41, 5.74) is 1.95. The Hall–Kier alpha value is -3.74. The number of nitrogens with zero attached hydrogens (tertiary/aromatic N) is 4. The topological polar surface area (TPSA) is 109 Å². The van der Waals surface area contributed by atoms with E-state index in [1.165, 1.54) is 22.3 Å². The van der Waals surface area contributed by atoms with Crippen LogP contribution in [0.4, 0.5) is 9.18 Å². The van der Waals surface area contributed by atoms with Crippen LogP contribution in [0.2, 0.25) is 0 Å². The molecule has 2 aromatic heterocycles. The number of ether oxygens (including phenoxy) is 2. The Balaban J connectivity index is 1.26. The fourth-order valence-corrected chi connectivity index (χ4v) is 7.04. The Morgan fingerprint density at radius 1 is 1.16 bits per heavy atom. The number of imidazole rings is 1. The lowest BCUT2D eigenvalue weighted by Gasteiger charge is -2.29. The lowest BCUT2D eigenvalue weighted by molar-refractivity contribution is 0.0206. The molecule has 0 bridgehead atoms. The molecule has 4 aromatic rings. The molecular weight excluding hydrogens is 585 g/mol.